The Labute approximate surface area is 183 Å². The van der Waals surface area contributed by atoms with E-state index in [1.165, 1.54) is 12.1 Å². The van der Waals surface area contributed by atoms with Gasteiger partial charge in [-0.15, -0.1) is 11.6 Å². The van der Waals surface area contributed by atoms with Gasteiger partial charge in [0.15, 0.2) is 0 Å². The second-order valence-corrected chi connectivity index (χ2v) is 7.81. The van der Waals surface area contributed by atoms with E-state index in [0.717, 1.165) is 11.6 Å². The lowest BCUT2D eigenvalue weighted by Gasteiger charge is -2.43. The summed E-state index contributed by atoms with van der Waals surface area (Å²) in [7, 11) is 0. The quantitative estimate of drug-likeness (QED) is 0.597. The number of anilines is 1. The van der Waals surface area contributed by atoms with Gasteiger partial charge in [0.1, 0.15) is 12.4 Å². The number of hydrogen-bond acceptors (Lipinski definition) is 4. The van der Waals surface area contributed by atoms with Crippen LogP contribution < -0.4 is 9.64 Å². The molecule has 4 nitrogen and oxygen atoms in total. The van der Waals surface area contributed by atoms with E-state index in [-0.39, 0.29) is 30.7 Å². The fourth-order valence-electron chi connectivity index (χ4n) is 3.67. The molecule has 1 unspecified atom stereocenters. The zero-order valence-electron chi connectivity index (χ0n) is 16.2. The molecule has 0 aliphatic carbocycles. The van der Waals surface area contributed by atoms with Crippen LogP contribution in [0.1, 0.15) is 17.2 Å². The highest BCUT2D eigenvalue weighted by Crippen LogP contribution is 2.42. The van der Waals surface area contributed by atoms with Crippen LogP contribution in [0.15, 0.2) is 42.5 Å². The van der Waals surface area contributed by atoms with E-state index in [2.05, 4.69) is 4.90 Å². The predicted octanol–water partition coefficient (Wildman–Crippen LogP) is 4.83. The van der Waals surface area contributed by atoms with Crippen molar-refractivity contribution in [3.63, 3.8) is 0 Å². The lowest BCUT2D eigenvalue weighted by atomic mass is 9.99. The molecular formula is C21H23Cl2F3N2O2. The summed E-state index contributed by atoms with van der Waals surface area (Å²) in [5.74, 6) is 0.529. The molecule has 1 N–H and O–H groups in total. The summed E-state index contributed by atoms with van der Waals surface area (Å²) < 4.78 is 46.9. The third-order valence-corrected chi connectivity index (χ3v) is 5.48. The zero-order valence-corrected chi connectivity index (χ0v) is 17.7. The van der Waals surface area contributed by atoms with Crippen LogP contribution in [0, 0.1) is 0 Å². The Morgan fingerprint density at radius 3 is 2.47 bits per heavy atom. The molecule has 1 fully saturated rings. The largest absolute Gasteiger partial charge is 0.491 e. The van der Waals surface area contributed by atoms with E-state index in [1.807, 2.05) is 12.1 Å². The highest BCUT2D eigenvalue weighted by Gasteiger charge is 2.38. The first-order valence-electron chi connectivity index (χ1n) is 9.59. The van der Waals surface area contributed by atoms with E-state index in [9.17, 15) is 13.2 Å². The molecule has 9 heteroatoms. The van der Waals surface area contributed by atoms with Gasteiger partial charge in [-0.05, 0) is 35.9 Å². The summed E-state index contributed by atoms with van der Waals surface area (Å²) in [6.45, 7) is 1.90. The standard InChI is InChI=1S/C21H23Cl2F3N2O2/c22-7-8-27-9-10-28(20(14-27)15-1-3-16(23)4-2-15)19-6-5-17(30-12-11-29)13-18(19)21(24,25)26/h1-6,13,20,29H,7-12,14H2. The van der Waals surface area contributed by atoms with Gasteiger partial charge in [-0.2, -0.15) is 13.2 Å². The fourth-order valence-corrected chi connectivity index (χ4v) is 4.03. The topological polar surface area (TPSA) is 35.9 Å². The van der Waals surface area contributed by atoms with Gasteiger partial charge < -0.3 is 14.7 Å². The van der Waals surface area contributed by atoms with Crippen LogP contribution in [0.5, 0.6) is 5.75 Å². The summed E-state index contributed by atoms with van der Waals surface area (Å²) in [6, 6.07) is 10.8. The number of hydrogen-bond donors (Lipinski definition) is 1. The van der Waals surface area contributed by atoms with Crippen molar-refractivity contribution in [2.45, 2.75) is 12.2 Å². The van der Waals surface area contributed by atoms with Crippen LogP contribution in [0.25, 0.3) is 0 Å². The lowest BCUT2D eigenvalue weighted by Crippen LogP contribution is -2.49. The van der Waals surface area contributed by atoms with E-state index < -0.39 is 11.7 Å². The smallest absolute Gasteiger partial charge is 0.418 e. The number of alkyl halides is 4. The first-order chi connectivity index (χ1) is 14.3. The van der Waals surface area contributed by atoms with Gasteiger partial charge in [-0.1, -0.05) is 23.7 Å². The van der Waals surface area contributed by atoms with Gasteiger partial charge in [-0.3, -0.25) is 4.90 Å². The van der Waals surface area contributed by atoms with Gasteiger partial charge >= 0.3 is 6.18 Å². The normalized spacial score (nSPS) is 17.9. The van der Waals surface area contributed by atoms with E-state index in [1.54, 1.807) is 17.0 Å². The Bertz CT molecular complexity index is 834. The van der Waals surface area contributed by atoms with Crippen LogP contribution in [0.2, 0.25) is 5.02 Å². The minimum Gasteiger partial charge on any atom is -0.491 e. The number of ether oxygens (including phenoxy) is 1. The first-order valence-corrected chi connectivity index (χ1v) is 10.5. The molecule has 1 saturated heterocycles. The molecule has 0 spiro atoms. The van der Waals surface area contributed by atoms with Crippen molar-refractivity contribution >= 4 is 28.9 Å². The van der Waals surface area contributed by atoms with Crippen LogP contribution in [-0.4, -0.2) is 55.3 Å². The van der Waals surface area contributed by atoms with Crippen LogP contribution in [-0.2, 0) is 6.18 Å². The maximum absolute atomic E-state index is 13.9. The summed E-state index contributed by atoms with van der Waals surface area (Å²) in [5.41, 5.74) is 0.222. The molecule has 1 aliphatic heterocycles. The Hall–Kier alpha value is -1.67. The van der Waals surface area contributed by atoms with Crippen molar-refractivity contribution in [2.24, 2.45) is 0 Å². The molecule has 1 aliphatic rings. The third-order valence-electron chi connectivity index (χ3n) is 5.06. The number of aliphatic hydroxyl groups excluding tert-OH is 1. The molecule has 0 aromatic heterocycles. The van der Waals surface area contributed by atoms with E-state index >= 15 is 0 Å². The van der Waals surface area contributed by atoms with E-state index in [4.69, 9.17) is 33.0 Å². The summed E-state index contributed by atoms with van der Waals surface area (Å²) >= 11 is 11.9. The Morgan fingerprint density at radius 1 is 1.10 bits per heavy atom. The molecule has 30 heavy (non-hydrogen) atoms. The molecule has 0 bridgehead atoms. The van der Waals surface area contributed by atoms with Gasteiger partial charge in [0.2, 0.25) is 0 Å². The number of nitrogens with zero attached hydrogens (tertiary/aromatic N) is 2. The molecule has 1 heterocycles. The van der Waals surface area contributed by atoms with Gasteiger partial charge in [0.05, 0.1) is 18.2 Å². The van der Waals surface area contributed by atoms with Crippen molar-refractivity contribution in [1.82, 2.24) is 4.90 Å². The number of aliphatic hydroxyl groups is 1. The molecule has 0 saturated carbocycles. The lowest BCUT2D eigenvalue weighted by molar-refractivity contribution is -0.137. The Balaban J connectivity index is 2.00. The molecule has 164 valence electrons. The summed E-state index contributed by atoms with van der Waals surface area (Å²) in [6.07, 6.45) is -4.55. The van der Waals surface area contributed by atoms with Gasteiger partial charge in [-0.25, -0.2) is 0 Å². The average Bonchev–Trinajstić information content (AvgIpc) is 2.72. The highest BCUT2D eigenvalue weighted by atomic mass is 35.5. The first kappa shape index (κ1) is 23.0. The van der Waals surface area contributed by atoms with Crippen molar-refractivity contribution in [3.8, 4) is 5.75 Å². The maximum atomic E-state index is 13.9. The number of benzene rings is 2. The summed E-state index contributed by atoms with van der Waals surface area (Å²) in [4.78, 5) is 3.93. The van der Waals surface area contributed by atoms with E-state index in [0.29, 0.717) is 37.1 Å². The molecule has 1 atom stereocenters. The minimum atomic E-state index is -4.55. The van der Waals surface area contributed by atoms with Crippen LogP contribution in [0.3, 0.4) is 0 Å². The predicted molar refractivity (Wildman–Crippen MR) is 113 cm³/mol. The number of halogens is 5. The fraction of sp³-hybridized carbons (Fsp3) is 0.429. The second-order valence-electron chi connectivity index (χ2n) is 7.00. The Kier molecular flexibility index (Phi) is 7.74. The van der Waals surface area contributed by atoms with Gasteiger partial charge in [0, 0.05) is 42.8 Å². The molecule has 2 aromatic carbocycles. The third kappa shape index (κ3) is 5.52. The maximum Gasteiger partial charge on any atom is 0.418 e. The average molecular weight is 463 g/mol. The van der Waals surface area contributed by atoms with Crippen LogP contribution in [0.4, 0.5) is 18.9 Å². The van der Waals surface area contributed by atoms with Gasteiger partial charge in [0.25, 0.3) is 0 Å². The Morgan fingerprint density at radius 2 is 1.83 bits per heavy atom. The van der Waals surface area contributed by atoms with Crippen molar-refractivity contribution in [1.29, 1.82) is 0 Å². The molecule has 2 aromatic rings. The van der Waals surface area contributed by atoms with Crippen molar-refractivity contribution in [2.75, 3.05) is 50.2 Å². The zero-order chi connectivity index (χ0) is 21.7. The molecule has 3 rings (SSSR count). The molecule has 0 radical (unpaired) electrons. The SMILES string of the molecule is OCCOc1ccc(N2CCN(CCCl)CC2c2ccc(Cl)cc2)c(C(F)(F)F)c1. The van der Waals surface area contributed by atoms with Crippen molar-refractivity contribution in [3.05, 3.63) is 58.6 Å². The highest BCUT2D eigenvalue weighted by molar-refractivity contribution is 6.30. The second kappa shape index (κ2) is 10.1. The number of rotatable bonds is 7. The molecule has 0 amide bonds. The molecular weight excluding hydrogens is 440 g/mol. The minimum absolute atomic E-state index is 0.0683. The number of piperazine rings is 1. The summed E-state index contributed by atoms with van der Waals surface area (Å²) in [5, 5.41) is 9.45. The monoisotopic (exact) mass is 462 g/mol. The van der Waals surface area contributed by atoms with Crippen LogP contribution >= 0.6 is 23.2 Å². The van der Waals surface area contributed by atoms with Crippen molar-refractivity contribution < 1.29 is 23.0 Å².